The Morgan fingerprint density at radius 1 is 1.09 bits per heavy atom. The van der Waals surface area contributed by atoms with E-state index in [0.29, 0.717) is 22.9 Å². The molecule has 1 fully saturated rings. The van der Waals surface area contributed by atoms with Gasteiger partial charge in [0, 0.05) is 5.56 Å². The quantitative estimate of drug-likeness (QED) is 0.532. The smallest absolute Gasteiger partial charge is 0.257 e. The molecule has 0 radical (unpaired) electrons. The van der Waals surface area contributed by atoms with Crippen LogP contribution in [0.2, 0.25) is 0 Å². The largest absolute Gasteiger partial charge is 0.467 e. The minimum absolute atomic E-state index is 0.0664. The van der Waals surface area contributed by atoms with E-state index in [0.717, 1.165) is 11.1 Å². The molecule has 1 aliphatic heterocycles. The molecule has 32 heavy (non-hydrogen) atoms. The van der Waals surface area contributed by atoms with Crippen molar-refractivity contribution in [2.24, 2.45) is 0 Å². The Labute approximate surface area is 187 Å². The second kappa shape index (κ2) is 8.83. The molecule has 0 aliphatic carbocycles. The maximum absolute atomic E-state index is 13.4. The summed E-state index contributed by atoms with van der Waals surface area (Å²) in [5.74, 6) is -0.143. The number of anilines is 1. The van der Waals surface area contributed by atoms with Gasteiger partial charge < -0.3 is 9.32 Å². The Kier molecular flexibility index (Phi) is 5.95. The second-order valence-corrected chi connectivity index (χ2v) is 8.42. The van der Waals surface area contributed by atoms with E-state index in [1.165, 1.54) is 16.1 Å². The van der Waals surface area contributed by atoms with Crippen molar-refractivity contribution in [3.05, 3.63) is 89.4 Å². The van der Waals surface area contributed by atoms with Crippen molar-refractivity contribution in [2.75, 3.05) is 4.90 Å². The highest BCUT2D eigenvalue weighted by atomic mass is 16.3. The van der Waals surface area contributed by atoms with E-state index in [1.54, 1.807) is 42.5 Å². The number of imide groups is 1. The topological polar surface area (TPSA) is 70.8 Å². The molecule has 1 aromatic heterocycles. The summed E-state index contributed by atoms with van der Waals surface area (Å²) in [5, 5.41) is 0. The monoisotopic (exact) mass is 430 g/mol. The summed E-state index contributed by atoms with van der Waals surface area (Å²) in [6.45, 7) is 6.17. The van der Waals surface area contributed by atoms with Gasteiger partial charge in [-0.2, -0.15) is 0 Å². The summed E-state index contributed by atoms with van der Waals surface area (Å²) in [6.07, 6.45) is 1.46. The summed E-state index contributed by atoms with van der Waals surface area (Å²) in [4.78, 5) is 42.3. The average Bonchev–Trinajstić information content (AvgIpc) is 3.39. The van der Waals surface area contributed by atoms with Crippen LogP contribution in [0.5, 0.6) is 0 Å². The summed E-state index contributed by atoms with van der Waals surface area (Å²) in [6, 6.07) is 17.2. The van der Waals surface area contributed by atoms with Crippen molar-refractivity contribution in [3.63, 3.8) is 0 Å². The van der Waals surface area contributed by atoms with E-state index in [4.69, 9.17) is 4.42 Å². The zero-order valence-electron chi connectivity index (χ0n) is 18.4. The molecule has 0 spiro atoms. The van der Waals surface area contributed by atoms with Crippen LogP contribution in [0.1, 0.15) is 53.4 Å². The Hall–Kier alpha value is -3.67. The molecular weight excluding hydrogens is 404 g/mol. The first kappa shape index (κ1) is 21.6. The van der Waals surface area contributed by atoms with Gasteiger partial charge in [-0.1, -0.05) is 43.7 Å². The maximum Gasteiger partial charge on any atom is 0.257 e. The molecule has 2 aromatic carbocycles. The lowest BCUT2D eigenvalue weighted by atomic mass is 10.0. The van der Waals surface area contributed by atoms with Gasteiger partial charge in [-0.15, -0.1) is 0 Å². The molecule has 1 atom stereocenters. The average molecular weight is 431 g/mol. The molecule has 6 heteroatoms. The molecule has 0 N–H and O–H groups in total. The highest BCUT2D eigenvalue weighted by molar-refractivity contribution is 6.23. The Morgan fingerprint density at radius 3 is 2.47 bits per heavy atom. The molecule has 4 rings (SSSR count). The molecule has 0 saturated carbocycles. The zero-order chi connectivity index (χ0) is 22.8. The lowest BCUT2D eigenvalue weighted by molar-refractivity contribution is -0.122. The van der Waals surface area contributed by atoms with Crippen LogP contribution in [0.3, 0.4) is 0 Å². The van der Waals surface area contributed by atoms with Crippen molar-refractivity contribution >= 4 is 23.4 Å². The first-order chi connectivity index (χ1) is 15.3. The number of hydrogen-bond donors (Lipinski definition) is 0. The van der Waals surface area contributed by atoms with Gasteiger partial charge in [0.25, 0.3) is 11.8 Å². The number of nitrogens with zero attached hydrogens (tertiary/aromatic N) is 2. The molecular formula is C26H26N2O4. The van der Waals surface area contributed by atoms with Gasteiger partial charge in [0.1, 0.15) is 11.8 Å². The van der Waals surface area contributed by atoms with Gasteiger partial charge in [-0.3, -0.25) is 14.4 Å². The van der Waals surface area contributed by atoms with Gasteiger partial charge in [0.05, 0.1) is 24.9 Å². The Morgan fingerprint density at radius 2 is 1.84 bits per heavy atom. The highest BCUT2D eigenvalue weighted by Gasteiger charge is 2.44. The number of rotatable bonds is 6. The van der Waals surface area contributed by atoms with Crippen LogP contribution in [-0.2, 0) is 16.1 Å². The number of benzene rings is 2. The summed E-state index contributed by atoms with van der Waals surface area (Å²) in [7, 11) is 0. The lowest BCUT2D eigenvalue weighted by Gasteiger charge is -2.27. The number of carbonyl (C=O) groups excluding carboxylic acids is 3. The minimum Gasteiger partial charge on any atom is -0.467 e. The van der Waals surface area contributed by atoms with Crippen LogP contribution in [0.15, 0.2) is 71.3 Å². The molecule has 2 heterocycles. The highest BCUT2D eigenvalue weighted by Crippen LogP contribution is 2.29. The SMILES string of the molecule is Cc1cccc(C(=O)N(Cc2ccco2)C2CC(=O)N(c3ccc(C(C)C)cc3)C2=O)c1. The standard InChI is InChI=1S/C26H26N2O4/c1-17(2)19-9-11-21(12-10-19)28-24(29)15-23(26(28)31)27(16-22-8-5-13-32-22)25(30)20-7-4-6-18(3)14-20/h4-14,17,23H,15-16H2,1-3H3. The van der Waals surface area contributed by atoms with Crippen LogP contribution in [0, 0.1) is 6.92 Å². The van der Waals surface area contributed by atoms with Gasteiger partial charge in [-0.05, 0) is 54.8 Å². The number of hydrogen-bond acceptors (Lipinski definition) is 4. The summed E-state index contributed by atoms with van der Waals surface area (Å²) >= 11 is 0. The van der Waals surface area contributed by atoms with E-state index >= 15 is 0 Å². The van der Waals surface area contributed by atoms with E-state index in [-0.39, 0.29) is 24.8 Å². The third kappa shape index (κ3) is 4.21. The van der Waals surface area contributed by atoms with E-state index in [1.807, 2.05) is 25.1 Å². The van der Waals surface area contributed by atoms with Crippen LogP contribution < -0.4 is 4.90 Å². The first-order valence-electron chi connectivity index (χ1n) is 10.7. The Bertz CT molecular complexity index is 1130. The van der Waals surface area contributed by atoms with Crippen molar-refractivity contribution < 1.29 is 18.8 Å². The van der Waals surface area contributed by atoms with Gasteiger partial charge in [-0.25, -0.2) is 4.90 Å². The molecule has 1 saturated heterocycles. The third-order valence-electron chi connectivity index (χ3n) is 5.75. The lowest BCUT2D eigenvalue weighted by Crippen LogP contribution is -2.45. The second-order valence-electron chi connectivity index (χ2n) is 8.42. The molecule has 3 amide bonds. The van der Waals surface area contributed by atoms with Crippen LogP contribution >= 0.6 is 0 Å². The first-order valence-corrected chi connectivity index (χ1v) is 10.7. The fraction of sp³-hybridized carbons (Fsp3) is 0.269. The van der Waals surface area contributed by atoms with Gasteiger partial charge >= 0.3 is 0 Å². The molecule has 3 aromatic rings. The number of amides is 3. The summed E-state index contributed by atoms with van der Waals surface area (Å²) < 4.78 is 5.44. The molecule has 0 bridgehead atoms. The zero-order valence-corrected chi connectivity index (χ0v) is 18.4. The van der Waals surface area contributed by atoms with Gasteiger partial charge in [0.2, 0.25) is 5.91 Å². The predicted octanol–water partition coefficient (Wildman–Crippen LogP) is 4.69. The molecule has 1 aliphatic rings. The fourth-order valence-electron chi connectivity index (χ4n) is 3.98. The predicted molar refractivity (Wildman–Crippen MR) is 121 cm³/mol. The van der Waals surface area contributed by atoms with Crippen molar-refractivity contribution in [1.82, 2.24) is 4.90 Å². The number of carbonyl (C=O) groups is 3. The fourth-order valence-corrected chi connectivity index (χ4v) is 3.98. The van der Waals surface area contributed by atoms with E-state index in [9.17, 15) is 14.4 Å². The van der Waals surface area contributed by atoms with Crippen molar-refractivity contribution in [1.29, 1.82) is 0 Å². The molecule has 6 nitrogen and oxygen atoms in total. The van der Waals surface area contributed by atoms with Crippen molar-refractivity contribution in [2.45, 2.75) is 45.7 Å². The maximum atomic E-state index is 13.4. The number of aryl methyl sites for hydroxylation is 1. The van der Waals surface area contributed by atoms with E-state index < -0.39 is 11.9 Å². The van der Waals surface area contributed by atoms with Crippen LogP contribution in [0.25, 0.3) is 0 Å². The molecule has 164 valence electrons. The van der Waals surface area contributed by atoms with Crippen molar-refractivity contribution in [3.8, 4) is 0 Å². The third-order valence-corrected chi connectivity index (χ3v) is 5.75. The Balaban J connectivity index is 1.65. The van der Waals surface area contributed by atoms with Gasteiger partial charge in [0.15, 0.2) is 0 Å². The summed E-state index contributed by atoms with van der Waals surface area (Å²) in [5.41, 5.74) is 3.05. The van der Waals surface area contributed by atoms with Crippen LogP contribution in [0.4, 0.5) is 5.69 Å². The minimum atomic E-state index is -0.898. The molecule has 1 unspecified atom stereocenters. The van der Waals surface area contributed by atoms with Crippen LogP contribution in [-0.4, -0.2) is 28.7 Å². The normalized spacial score (nSPS) is 16.1. The number of furan rings is 1. The van der Waals surface area contributed by atoms with E-state index in [2.05, 4.69) is 13.8 Å².